The highest BCUT2D eigenvalue weighted by Crippen LogP contribution is 2.55. The van der Waals surface area contributed by atoms with E-state index in [0.717, 1.165) is 19.5 Å². The van der Waals surface area contributed by atoms with Crippen molar-refractivity contribution in [3.63, 3.8) is 0 Å². The molecule has 1 saturated carbocycles. The van der Waals surface area contributed by atoms with E-state index in [1.165, 1.54) is 36.7 Å². The van der Waals surface area contributed by atoms with Crippen LogP contribution in [0.3, 0.4) is 0 Å². The number of nitrogens with zero attached hydrogens (tertiary/aromatic N) is 2. The van der Waals surface area contributed by atoms with E-state index < -0.39 is 23.4 Å². The molecule has 5 rings (SSSR count). The third-order valence-electron chi connectivity index (χ3n) is 7.11. The molecule has 1 aromatic carbocycles. The summed E-state index contributed by atoms with van der Waals surface area (Å²) in [5.74, 6) is -0.945. The van der Waals surface area contributed by atoms with Crippen LogP contribution >= 0.6 is 0 Å². The van der Waals surface area contributed by atoms with Gasteiger partial charge in [0.25, 0.3) is 5.56 Å². The normalized spacial score (nSPS) is 24.2. The van der Waals surface area contributed by atoms with Crippen molar-refractivity contribution in [3.8, 4) is 5.75 Å². The van der Waals surface area contributed by atoms with Gasteiger partial charge in [0, 0.05) is 25.6 Å². The molecule has 0 spiro atoms. The van der Waals surface area contributed by atoms with E-state index in [9.17, 15) is 14.7 Å². The average molecular weight is 416 g/mol. The van der Waals surface area contributed by atoms with E-state index in [0.29, 0.717) is 33.7 Å². The molecule has 3 aliphatic rings. The van der Waals surface area contributed by atoms with E-state index in [2.05, 4.69) is 6.92 Å². The summed E-state index contributed by atoms with van der Waals surface area (Å²) >= 11 is 0. The van der Waals surface area contributed by atoms with Crippen molar-refractivity contribution in [2.45, 2.75) is 32.2 Å². The first-order valence-electron chi connectivity index (χ1n) is 10.4. The van der Waals surface area contributed by atoms with Gasteiger partial charge in [0.15, 0.2) is 11.6 Å². The smallest absolute Gasteiger partial charge is 0.341 e. The molecule has 3 heterocycles. The van der Waals surface area contributed by atoms with Crippen LogP contribution in [0.2, 0.25) is 0 Å². The molecule has 160 valence electrons. The lowest BCUT2D eigenvalue weighted by molar-refractivity contribution is 0.0691. The number of ether oxygens (including phenoxy) is 2. The first kappa shape index (κ1) is 19.4. The largest absolute Gasteiger partial charge is 0.487 e. The highest BCUT2D eigenvalue weighted by atomic mass is 19.1. The molecule has 2 atom stereocenters. The first-order chi connectivity index (χ1) is 14.3. The second kappa shape index (κ2) is 6.70. The molecule has 1 saturated heterocycles. The molecule has 1 aliphatic carbocycles. The van der Waals surface area contributed by atoms with Crippen LogP contribution in [-0.2, 0) is 4.74 Å². The molecule has 8 heteroatoms. The molecule has 0 unspecified atom stereocenters. The van der Waals surface area contributed by atoms with E-state index in [1.807, 2.05) is 4.90 Å². The number of aromatic nitrogens is 1. The summed E-state index contributed by atoms with van der Waals surface area (Å²) in [6, 6.07) is 2.08. The van der Waals surface area contributed by atoms with Gasteiger partial charge in [-0.25, -0.2) is 9.18 Å². The molecule has 7 nitrogen and oxygen atoms in total. The van der Waals surface area contributed by atoms with E-state index >= 15 is 4.39 Å². The zero-order chi connectivity index (χ0) is 21.2. The molecule has 30 heavy (non-hydrogen) atoms. The number of carboxylic acid groups (broad SMARTS) is 1. The lowest BCUT2D eigenvalue weighted by Crippen LogP contribution is -2.38. The average Bonchev–Trinajstić information content (AvgIpc) is 3.26. The number of aromatic carboxylic acids is 1. The van der Waals surface area contributed by atoms with Gasteiger partial charge in [-0.05, 0) is 42.7 Å². The highest BCUT2D eigenvalue weighted by Gasteiger charge is 2.47. The Morgan fingerprint density at radius 2 is 2.17 bits per heavy atom. The summed E-state index contributed by atoms with van der Waals surface area (Å²) in [5, 5.41) is 9.82. The van der Waals surface area contributed by atoms with Gasteiger partial charge in [0.05, 0.1) is 18.2 Å². The predicted octanol–water partition coefficient (Wildman–Crippen LogP) is 3.05. The molecule has 0 radical (unpaired) electrons. The number of halogens is 1. The van der Waals surface area contributed by atoms with Gasteiger partial charge < -0.3 is 19.5 Å². The number of hydrogen-bond donors (Lipinski definition) is 1. The summed E-state index contributed by atoms with van der Waals surface area (Å²) in [5.41, 5.74) is 0.162. The monoisotopic (exact) mass is 416 g/mol. The summed E-state index contributed by atoms with van der Waals surface area (Å²) in [4.78, 5) is 26.6. The Bertz CT molecular complexity index is 1110. The number of carboxylic acids is 1. The maximum Gasteiger partial charge on any atom is 0.341 e. The SMILES string of the molecule is COC[C@H]1COc2c(N3CC[C@@H](C4(C)CC4)C3)c(F)cc3cc(C(=O)O)c(=O)n1c23. The van der Waals surface area contributed by atoms with Gasteiger partial charge in [-0.1, -0.05) is 6.92 Å². The molecule has 0 bridgehead atoms. The van der Waals surface area contributed by atoms with Crippen LogP contribution in [0.5, 0.6) is 5.75 Å². The maximum atomic E-state index is 15.3. The Morgan fingerprint density at radius 1 is 1.40 bits per heavy atom. The Kier molecular flexibility index (Phi) is 4.32. The minimum atomic E-state index is -1.33. The standard InChI is InChI=1S/C22H25FN2O5/c1-22(4-5-22)13-3-6-24(9-13)18-16(23)8-12-7-15(21(27)28)20(26)25-14(10-29-2)11-30-19(18)17(12)25/h7-8,13-14H,3-6,9-11H2,1-2H3,(H,27,28)/t13-,14+/m1/s1. The van der Waals surface area contributed by atoms with Gasteiger partial charge in [-0.2, -0.15) is 0 Å². The highest BCUT2D eigenvalue weighted by molar-refractivity contribution is 5.97. The number of pyridine rings is 1. The Hall–Kier alpha value is -2.61. The summed E-state index contributed by atoms with van der Waals surface area (Å²) in [6.45, 7) is 4.09. The zero-order valence-corrected chi connectivity index (χ0v) is 17.1. The third kappa shape index (κ3) is 2.80. The van der Waals surface area contributed by atoms with Crippen LogP contribution in [0, 0.1) is 17.2 Å². The molecule has 0 amide bonds. The quantitative estimate of drug-likeness (QED) is 0.807. The minimum Gasteiger partial charge on any atom is -0.487 e. The lowest BCUT2D eigenvalue weighted by Gasteiger charge is -2.32. The van der Waals surface area contributed by atoms with Gasteiger partial charge in [0.1, 0.15) is 17.9 Å². The van der Waals surface area contributed by atoms with Crippen molar-refractivity contribution >= 4 is 22.6 Å². The number of rotatable bonds is 5. The zero-order valence-electron chi connectivity index (χ0n) is 17.1. The van der Waals surface area contributed by atoms with Crippen molar-refractivity contribution in [2.24, 2.45) is 11.3 Å². The molecule has 1 aromatic heterocycles. The second-order valence-corrected chi connectivity index (χ2v) is 9.02. The van der Waals surface area contributed by atoms with Crippen molar-refractivity contribution < 1.29 is 23.8 Å². The van der Waals surface area contributed by atoms with Crippen LogP contribution in [0.1, 0.15) is 42.6 Å². The minimum absolute atomic E-state index is 0.115. The van der Waals surface area contributed by atoms with Crippen LogP contribution < -0.4 is 15.2 Å². The third-order valence-corrected chi connectivity index (χ3v) is 7.11. The molecule has 1 N–H and O–H groups in total. The van der Waals surface area contributed by atoms with Crippen molar-refractivity contribution in [3.05, 3.63) is 33.9 Å². The number of carbonyl (C=O) groups is 1. The van der Waals surface area contributed by atoms with Crippen LogP contribution in [0.4, 0.5) is 10.1 Å². The Morgan fingerprint density at radius 3 is 2.83 bits per heavy atom. The molecular weight excluding hydrogens is 391 g/mol. The summed E-state index contributed by atoms with van der Waals surface area (Å²) < 4.78 is 28.0. The number of anilines is 1. The molecule has 2 aromatic rings. The first-order valence-corrected chi connectivity index (χ1v) is 10.4. The van der Waals surface area contributed by atoms with Crippen LogP contribution in [-0.4, -0.2) is 49.1 Å². The lowest BCUT2D eigenvalue weighted by atomic mass is 9.90. The van der Waals surface area contributed by atoms with Crippen molar-refractivity contribution in [2.75, 3.05) is 38.3 Å². The van der Waals surface area contributed by atoms with Gasteiger partial charge in [-0.3, -0.25) is 9.36 Å². The van der Waals surface area contributed by atoms with Crippen LogP contribution in [0.15, 0.2) is 16.9 Å². The number of hydrogen-bond acceptors (Lipinski definition) is 5. The van der Waals surface area contributed by atoms with Crippen molar-refractivity contribution in [1.29, 1.82) is 0 Å². The molecule has 2 fully saturated rings. The van der Waals surface area contributed by atoms with Gasteiger partial charge in [-0.15, -0.1) is 0 Å². The fourth-order valence-corrected chi connectivity index (χ4v) is 5.07. The Balaban J connectivity index is 1.70. The van der Waals surface area contributed by atoms with E-state index in [1.54, 1.807) is 0 Å². The van der Waals surface area contributed by atoms with Gasteiger partial charge >= 0.3 is 5.97 Å². The Labute approximate surface area is 173 Å². The fourth-order valence-electron chi connectivity index (χ4n) is 5.07. The summed E-state index contributed by atoms with van der Waals surface area (Å²) in [7, 11) is 1.51. The number of benzene rings is 1. The van der Waals surface area contributed by atoms with E-state index in [4.69, 9.17) is 9.47 Å². The van der Waals surface area contributed by atoms with E-state index in [-0.39, 0.29) is 18.8 Å². The van der Waals surface area contributed by atoms with Crippen molar-refractivity contribution in [1.82, 2.24) is 4.57 Å². The molecular formula is C22H25FN2O5. The van der Waals surface area contributed by atoms with Gasteiger partial charge in [0.2, 0.25) is 0 Å². The summed E-state index contributed by atoms with van der Waals surface area (Å²) in [6.07, 6.45) is 3.43. The van der Waals surface area contributed by atoms with Crippen LogP contribution in [0.25, 0.3) is 10.9 Å². The molecule has 2 aliphatic heterocycles. The number of methoxy groups -OCH3 is 1. The second-order valence-electron chi connectivity index (χ2n) is 9.02. The maximum absolute atomic E-state index is 15.3. The predicted molar refractivity (Wildman–Crippen MR) is 109 cm³/mol. The topological polar surface area (TPSA) is 81.0 Å². The fraction of sp³-hybridized carbons (Fsp3) is 0.545.